The highest BCUT2D eigenvalue weighted by molar-refractivity contribution is 5.69. The van der Waals surface area contributed by atoms with Crippen molar-refractivity contribution >= 4 is 12.5 Å². The van der Waals surface area contributed by atoms with Crippen LogP contribution in [-0.2, 0) is 4.79 Å². The molecule has 0 saturated carbocycles. The zero-order chi connectivity index (χ0) is 17.4. The summed E-state index contributed by atoms with van der Waals surface area (Å²) in [7, 11) is 3.13. The molecule has 1 rings (SSSR count). The molecule has 0 heterocycles. The number of nitrogens with two attached hydrogens (primary N) is 1. The first kappa shape index (κ1) is 18.2. The van der Waals surface area contributed by atoms with Crippen LogP contribution in [0, 0.1) is 6.92 Å². The van der Waals surface area contributed by atoms with E-state index >= 15 is 0 Å². The highest BCUT2D eigenvalue weighted by atomic mass is 16.5. The molecule has 1 amide bonds. The fraction of sp³-hybridized carbons (Fsp3) is 0.235. The number of benzene rings is 1. The Hall–Kier alpha value is -2.89. The molecule has 23 heavy (non-hydrogen) atoms. The lowest BCUT2D eigenvalue weighted by Gasteiger charge is -2.15. The molecule has 0 aliphatic carbocycles. The van der Waals surface area contributed by atoms with E-state index in [9.17, 15) is 4.79 Å². The van der Waals surface area contributed by atoms with Crippen molar-refractivity contribution in [3.05, 3.63) is 53.1 Å². The summed E-state index contributed by atoms with van der Waals surface area (Å²) in [6.07, 6.45) is 3.99. The Morgan fingerprint density at radius 3 is 2.52 bits per heavy atom. The van der Waals surface area contributed by atoms with Crippen LogP contribution in [0.4, 0.5) is 0 Å². The van der Waals surface area contributed by atoms with Gasteiger partial charge in [-0.15, -0.1) is 0 Å². The minimum absolute atomic E-state index is 0.442. The molecule has 0 aliphatic rings. The van der Waals surface area contributed by atoms with Crippen molar-refractivity contribution in [2.75, 3.05) is 14.2 Å². The molecule has 1 aromatic rings. The molecule has 0 saturated heterocycles. The van der Waals surface area contributed by atoms with E-state index < -0.39 is 0 Å². The average Bonchev–Trinajstić information content (AvgIpc) is 2.48. The maximum atomic E-state index is 10.9. The summed E-state index contributed by atoms with van der Waals surface area (Å²) in [5, 5.41) is 5.58. The molecule has 0 unspecified atom stereocenters. The van der Waals surface area contributed by atoms with Crippen molar-refractivity contribution in [2.24, 2.45) is 5.73 Å². The second-order valence-electron chi connectivity index (χ2n) is 4.89. The summed E-state index contributed by atoms with van der Waals surface area (Å²) < 4.78 is 10.7. The van der Waals surface area contributed by atoms with E-state index in [-0.39, 0.29) is 0 Å². The van der Waals surface area contributed by atoms with Crippen LogP contribution in [0.15, 0.2) is 42.0 Å². The Balaban J connectivity index is 3.29. The molecule has 124 valence electrons. The normalized spacial score (nSPS) is 11.7. The number of carbonyl (C=O) groups is 1. The standard InChI is InChI=1S/C17H23N3O3/c1-11-6-7-15(22-4)17(23-5)14(11)9-16(19-10-21)20-13(3)8-12(2)18/h6-10,20H,3,18H2,1-2,4-5H3,(H,19,21)/b12-8-,16-9+. The van der Waals surface area contributed by atoms with Gasteiger partial charge in [0.2, 0.25) is 6.41 Å². The first-order chi connectivity index (χ1) is 10.9. The zero-order valence-electron chi connectivity index (χ0n) is 13.9. The molecule has 0 bridgehead atoms. The van der Waals surface area contributed by atoms with E-state index in [0.29, 0.717) is 35.1 Å². The van der Waals surface area contributed by atoms with Gasteiger partial charge in [-0.25, -0.2) is 0 Å². The van der Waals surface area contributed by atoms with Crippen molar-refractivity contribution < 1.29 is 14.3 Å². The third kappa shape index (κ3) is 5.10. The van der Waals surface area contributed by atoms with Crippen molar-refractivity contribution in [1.82, 2.24) is 10.6 Å². The monoisotopic (exact) mass is 317 g/mol. The highest BCUT2D eigenvalue weighted by Gasteiger charge is 2.12. The molecule has 6 nitrogen and oxygen atoms in total. The van der Waals surface area contributed by atoms with Crippen LogP contribution in [0.1, 0.15) is 18.1 Å². The minimum Gasteiger partial charge on any atom is -0.493 e. The SMILES string of the molecule is C=C(/C=C(/C)N)N/C(=C/c1c(C)ccc(OC)c1OC)NC=O. The summed E-state index contributed by atoms with van der Waals surface area (Å²) in [4.78, 5) is 10.9. The molecule has 0 aliphatic heterocycles. The van der Waals surface area contributed by atoms with Gasteiger partial charge in [0.1, 0.15) is 5.82 Å². The van der Waals surface area contributed by atoms with Crippen molar-refractivity contribution in [1.29, 1.82) is 0 Å². The van der Waals surface area contributed by atoms with Gasteiger partial charge in [0, 0.05) is 17.0 Å². The minimum atomic E-state index is 0.442. The molecule has 0 spiro atoms. The lowest BCUT2D eigenvalue weighted by molar-refractivity contribution is -0.109. The summed E-state index contributed by atoms with van der Waals surface area (Å²) in [6, 6.07) is 3.73. The number of nitrogens with one attached hydrogen (secondary N) is 2. The molecule has 0 radical (unpaired) electrons. The van der Waals surface area contributed by atoms with E-state index in [4.69, 9.17) is 15.2 Å². The second kappa shape index (κ2) is 8.53. The van der Waals surface area contributed by atoms with Gasteiger partial charge in [-0.05, 0) is 37.6 Å². The zero-order valence-corrected chi connectivity index (χ0v) is 13.9. The first-order valence-corrected chi connectivity index (χ1v) is 6.96. The van der Waals surface area contributed by atoms with Crippen molar-refractivity contribution in [2.45, 2.75) is 13.8 Å². The Morgan fingerprint density at radius 2 is 2.00 bits per heavy atom. The number of hydrogen-bond donors (Lipinski definition) is 3. The Bertz CT molecular complexity index is 645. The molecule has 1 aromatic carbocycles. The lowest BCUT2D eigenvalue weighted by atomic mass is 10.1. The van der Waals surface area contributed by atoms with Crippen LogP contribution in [-0.4, -0.2) is 20.6 Å². The van der Waals surface area contributed by atoms with E-state index in [0.717, 1.165) is 11.1 Å². The molecule has 0 atom stereocenters. The molecule has 4 N–H and O–H groups in total. The van der Waals surface area contributed by atoms with E-state index in [2.05, 4.69) is 17.2 Å². The van der Waals surface area contributed by atoms with Gasteiger partial charge in [0.25, 0.3) is 0 Å². The van der Waals surface area contributed by atoms with Crippen molar-refractivity contribution in [3.63, 3.8) is 0 Å². The largest absolute Gasteiger partial charge is 0.493 e. The predicted octanol–water partition coefficient (Wildman–Crippen LogP) is 2.02. The maximum absolute atomic E-state index is 10.9. The van der Waals surface area contributed by atoms with Crippen LogP contribution in [0.25, 0.3) is 6.08 Å². The number of methoxy groups -OCH3 is 2. The Morgan fingerprint density at radius 1 is 1.30 bits per heavy atom. The van der Waals surface area contributed by atoms with Gasteiger partial charge < -0.3 is 25.8 Å². The molecule has 0 fully saturated rings. The molecular weight excluding hydrogens is 294 g/mol. The van der Waals surface area contributed by atoms with E-state index in [1.165, 1.54) is 0 Å². The number of ether oxygens (including phenoxy) is 2. The maximum Gasteiger partial charge on any atom is 0.212 e. The number of allylic oxidation sites excluding steroid dienone is 2. The van der Waals surface area contributed by atoms with E-state index in [1.54, 1.807) is 33.3 Å². The number of carbonyl (C=O) groups excluding carboxylic acids is 1. The molecule has 0 aromatic heterocycles. The van der Waals surface area contributed by atoms with Crippen molar-refractivity contribution in [3.8, 4) is 11.5 Å². The molecule has 6 heteroatoms. The summed E-state index contributed by atoms with van der Waals surface area (Å²) >= 11 is 0. The number of amides is 1. The highest BCUT2D eigenvalue weighted by Crippen LogP contribution is 2.34. The average molecular weight is 317 g/mol. The Kier molecular flexibility index (Phi) is 6.73. The van der Waals surface area contributed by atoms with Gasteiger partial charge >= 0.3 is 0 Å². The van der Waals surface area contributed by atoms with Gasteiger partial charge in [-0.2, -0.15) is 0 Å². The third-order valence-electron chi connectivity index (χ3n) is 3.00. The summed E-state index contributed by atoms with van der Waals surface area (Å²) in [5.41, 5.74) is 8.51. The van der Waals surface area contributed by atoms with Gasteiger partial charge in [0.15, 0.2) is 11.5 Å². The smallest absolute Gasteiger partial charge is 0.212 e. The van der Waals surface area contributed by atoms with Crippen LogP contribution in [0.2, 0.25) is 0 Å². The predicted molar refractivity (Wildman–Crippen MR) is 91.7 cm³/mol. The Labute approximate surface area is 136 Å². The first-order valence-electron chi connectivity index (χ1n) is 6.96. The van der Waals surface area contributed by atoms with Gasteiger partial charge in [-0.3, -0.25) is 4.79 Å². The summed E-state index contributed by atoms with van der Waals surface area (Å²) in [5.74, 6) is 1.62. The number of hydrogen-bond acceptors (Lipinski definition) is 5. The quantitative estimate of drug-likeness (QED) is 0.504. The fourth-order valence-corrected chi connectivity index (χ4v) is 2.03. The fourth-order valence-electron chi connectivity index (χ4n) is 2.03. The summed E-state index contributed by atoms with van der Waals surface area (Å²) in [6.45, 7) is 7.52. The van der Waals surface area contributed by atoms with Gasteiger partial charge in [0.05, 0.1) is 14.2 Å². The number of aryl methyl sites for hydroxylation is 1. The van der Waals surface area contributed by atoms with E-state index in [1.807, 2.05) is 19.1 Å². The lowest BCUT2D eigenvalue weighted by Crippen LogP contribution is -2.24. The molecular formula is C17H23N3O3. The van der Waals surface area contributed by atoms with Crippen LogP contribution in [0.5, 0.6) is 11.5 Å². The number of rotatable bonds is 8. The van der Waals surface area contributed by atoms with Crippen LogP contribution in [0.3, 0.4) is 0 Å². The second-order valence-corrected chi connectivity index (χ2v) is 4.89. The third-order valence-corrected chi connectivity index (χ3v) is 3.00. The van der Waals surface area contributed by atoms with Crippen LogP contribution >= 0.6 is 0 Å². The topological polar surface area (TPSA) is 85.6 Å². The van der Waals surface area contributed by atoms with Gasteiger partial charge in [-0.1, -0.05) is 12.6 Å². The van der Waals surface area contributed by atoms with Crippen LogP contribution < -0.4 is 25.8 Å².